The largest absolute Gasteiger partial charge is 0.478 e. The van der Waals surface area contributed by atoms with E-state index in [2.05, 4.69) is 26.2 Å². The van der Waals surface area contributed by atoms with E-state index in [1.54, 1.807) is 0 Å². The summed E-state index contributed by atoms with van der Waals surface area (Å²) in [4.78, 5) is 20.7. The van der Waals surface area contributed by atoms with Gasteiger partial charge in [-0.1, -0.05) is 32.4 Å². The van der Waals surface area contributed by atoms with Crippen molar-refractivity contribution in [3.8, 4) is 0 Å². The van der Waals surface area contributed by atoms with Gasteiger partial charge < -0.3 is 9.84 Å². The third-order valence-electron chi connectivity index (χ3n) is 3.93. The van der Waals surface area contributed by atoms with Crippen molar-refractivity contribution in [2.45, 2.75) is 65.4 Å². The van der Waals surface area contributed by atoms with Crippen molar-refractivity contribution < 1.29 is 19.4 Å². The maximum absolute atomic E-state index is 11.1. The van der Waals surface area contributed by atoms with Gasteiger partial charge in [0.15, 0.2) is 0 Å². The molecule has 0 heterocycles. The molecule has 1 fully saturated rings. The van der Waals surface area contributed by atoms with Gasteiger partial charge in [-0.2, -0.15) is 0 Å². The predicted molar refractivity (Wildman–Crippen MR) is 88.6 cm³/mol. The van der Waals surface area contributed by atoms with E-state index in [1.165, 1.54) is 33.1 Å². The van der Waals surface area contributed by atoms with Crippen LogP contribution in [-0.2, 0) is 14.3 Å². The molecule has 1 aliphatic rings. The topological polar surface area (TPSA) is 63.6 Å². The van der Waals surface area contributed by atoms with Crippen molar-refractivity contribution in [2.75, 3.05) is 0 Å². The minimum absolute atomic E-state index is 0.126. The Morgan fingerprint density at radius 2 is 1.91 bits per heavy atom. The lowest BCUT2D eigenvalue weighted by molar-refractivity contribution is -0.152. The molecule has 0 aromatic rings. The van der Waals surface area contributed by atoms with E-state index in [4.69, 9.17) is 9.84 Å². The molecule has 1 N–H and O–H groups in total. The molecule has 3 unspecified atom stereocenters. The number of rotatable bonds is 6. The smallest absolute Gasteiger partial charge is 0.330 e. The first-order valence-corrected chi connectivity index (χ1v) is 8.02. The van der Waals surface area contributed by atoms with Crippen LogP contribution in [0.1, 0.15) is 59.3 Å². The molecule has 1 saturated carbocycles. The first-order chi connectivity index (χ1) is 10.3. The van der Waals surface area contributed by atoms with Crippen LogP contribution in [0.15, 0.2) is 24.8 Å². The zero-order valence-corrected chi connectivity index (χ0v) is 14.1. The average molecular weight is 310 g/mol. The normalized spacial score (nSPS) is 23.7. The van der Waals surface area contributed by atoms with Gasteiger partial charge >= 0.3 is 11.9 Å². The quantitative estimate of drug-likeness (QED) is 0.450. The molecule has 22 heavy (non-hydrogen) atoms. The summed E-state index contributed by atoms with van der Waals surface area (Å²) in [6.45, 7) is 12.2. The zero-order valence-electron chi connectivity index (χ0n) is 14.1. The third kappa shape index (κ3) is 8.01. The molecule has 0 aromatic carbocycles. The molecular formula is C18H30O4. The number of unbranched alkanes of at least 4 members (excludes halogenated alkanes) is 1. The molecule has 126 valence electrons. The van der Waals surface area contributed by atoms with Crippen molar-refractivity contribution in [1.29, 1.82) is 0 Å². The van der Waals surface area contributed by atoms with Gasteiger partial charge in [-0.25, -0.2) is 4.79 Å². The standard InChI is InChI=1S/C14H24O2.C4H6O2/c1-4-6-9-13-12(5-2)8-7-10-14(13)16-11(3)15;1-3(2)4(5)6/h5,12-14H,2,4,6-10H2,1,3H3;1H2,2H3,(H,5,6). The number of hydrogen-bond acceptors (Lipinski definition) is 3. The van der Waals surface area contributed by atoms with Crippen LogP contribution in [0.4, 0.5) is 0 Å². The second-order valence-corrected chi connectivity index (χ2v) is 5.87. The monoisotopic (exact) mass is 310 g/mol. The van der Waals surface area contributed by atoms with Crippen LogP contribution in [0.5, 0.6) is 0 Å². The summed E-state index contributed by atoms with van der Waals surface area (Å²) in [6.07, 6.45) is 9.13. The van der Waals surface area contributed by atoms with Crippen LogP contribution in [0.25, 0.3) is 0 Å². The fourth-order valence-corrected chi connectivity index (χ4v) is 2.75. The minimum Gasteiger partial charge on any atom is -0.478 e. The highest BCUT2D eigenvalue weighted by Crippen LogP contribution is 2.36. The Labute approximate surface area is 134 Å². The summed E-state index contributed by atoms with van der Waals surface area (Å²) >= 11 is 0. The van der Waals surface area contributed by atoms with Crippen molar-refractivity contribution in [3.05, 3.63) is 24.8 Å². The predicted octanol–water partition coefficient (Wildman–Crippen LogP) is 4.36. The zero-order chi connectivity index (χ0) is 17.1. The Balaban J connectivity index is 0.000000626. The lowest BCUT2D eigenvalue weighted by Gasteiger charge is -2.36. The van der Waals surface area contributed by atoms with Crippen LogP contribution in [0.3, 0.4) is 0 Å². The molecular weight excluding hydrogens is 280 g/mol. The number of carboxylic acid groups (broad SMARTS) is 1. The number of esters is 1. The molecule has 0 spiro atoms. The summed E-state index contributed by atoms with van der Waals surface area (Å²) in [7, 11) is 0. The Bertz CT molecular complexity index is 375. The lowest BCUT2D eigenvalue weighted by Crippen LogP contribution is -2.34. The highest BCUT2D eigenvalue weighted by atomic mass is 16.5. The first kappa shape index (κ1) is 20.4. The average Bonchev–Trinajstić information content (AvgIpc) is 2.45. The van der Waals surface area contributed by atoms with E-state index in [-0.39, 0.29) is 17.6 Å². The summed E-state index contributed by atoms with van der Waals surface area (Å²) in [5.41, 5.74) is 0.176. The van der Waals surface area contributed by atoms with Crippen LogP contribution in [0, 0.1) is 11.8 Å². The number of carbonyl (C=O) groups excluding carboxylic acids is 1. The van der Waals surface area contributed by atoms with Gasteiger partial charge in [-0.3, -0.25) is 4.79 Å². The fourth-order valence-electron chi connectivity index (χ4n) is 2.75. The minimum atomic E-state index is -0.935. The van der Waals surface area contributed by atoms with E-state index in [0.29, 0.717) is 11.8 Å². The summed E-state index contributed by atoms with van der Waals surface area (Å²) in [5, 5.41) is 7.89. The van der Waals surface area contributed by atoms with Gasteiger partial charge in [0.1, 0.15) is 6.10 Å². The molecule has 0 bridgehead atoms. The molecule has 1 aliphatic carbocycles. The fraction of sp³-hybridized carbons (Fsp3) is 0.667. The summed E-state index contributed by atoms with van der Waals surface area (Å²) in [5.74, 6) is -0.0500. The molecule has 4 heteroatoms. The first-order valence-electron chi connectivity index (χ1n) is 8.02. The number of carboxylic acids is 1. The van der Waals surface area contributed by atoms with Crippen LogP contribution in [-0.4, -0.2) is 23.1 Å². The van der Waals surface area contributed by atoms with E-state index in [1.807, 2.05) is 0 Å². The molecule has 0 aliphatic heterocycles. The van der Waals surface area contributed by atoms with Gasteiger partial charge in [0.2, 0.25) is 0 Å². The second-order valence-electron chi connectivity index (χ2n) is 5.87. The van der Waals surface area contributed by atoms with Crippen LogP contribution >= 0.6 is 0 Å². The Morgan fingerprint density at radius 1 is 1.32 bits per heavy atom. The van der Waals surface area contributed by atoms with Gasteiger partial charge in [0, 0.05) is 18.4 Å². The van der Waals surface area contributed by atoms with Gasteiger partial charge in [-0.05, 0) is 38.5 Å². The Hall–Kier alpha value is -1.58. The second kappa shape index (κ2) is 11.0. The molecule has 1 rings (SSSR count). The van der Waals surface area contributed by atoms with E-state index >= 15 is 0 Å². The van der Waals surface area contributed by atoms with E-state index in [9.17, 15) is 9.59 Å². The van der Waals surface area contributed by atoms with Gasteiger partial charge in [0.25, 0.3) is 0 Å². The Kier molecular flexibility index (Phi) is 10.3. The maximum atomic E-state index is 11.1. The summed E-state index contributed by atoms with van der Waals surface area (Å²) < 4.78 is 5.45. The number of hydrogen-bond donors (Lipinski definition) is 1. The highest BCUT2D eigenvalue weighted by molar-refractivity contribution is 5.84. The van der Waals surface area contributed by atoms with E-state index in [0.717, 1.165) is 19.3 Å². The van der Waals surface area contributed by atoms with E-state index < -0.39 is 5.97 Å². The number of carbonyl (C=O) groups is 2. The lowest BCUT2D eigenvalue weighted by atomic mass is 9.75. The molecule has 3 atom stereocenters. The molecule has 0 amide bonds. The number of aliphatic carboxylic acids is 1. The van der Waals surface area contributed by atoms with Crippen molar-refractivity contribution in [3.63, 3.8) is 0 Å². The highest BCUT2D eigenvalue weighted by Gasteiger charge is 2.32. The van der Waals surface area contributed by atoms with Crippen LogP contribution < -0.4 is 0 Å². The van der Waals surface area contributed by atoms with Crippen molar-refractivity contribution in [1.82, 2.24) is 0 Å². The molecule has 4 nitrogen and oxygen atoms in total. The number of ether oxygens (including phenoxy) is 1. The Morgan fingerprint density at radius 3 is 2.32 bits per heavy atom. The van der Waals surface area contributed by atoms with Gasteiger partial charge in [0.05, 0.1) is 0 Å². The SMILES string of the molecule is C=C(C)C(=O)O.C=CC1CCCC(OC(C)=O)C1CCCC. The summed E-state index contributed by atoms with van der Waals surface area (Å²) in [6, 6.07) is 0. The number of allylic oxidation sites excluding steroid dienone is 1. The molecule has 0 aromatic heterocycles. The van der Waals surface area contributed by atoms with Crippen molar-refractivity contribution in [2.24, 2.45) is 11.8 Å². The van der Waals surface area contributed by atoms with Crippen molar-refractivity contribution >= 4 is 11.9 Å². The van der Waals surface area contributed by atoms with Crippen LogP contribution in [0.2, 0.25) is 0 Å². The maximum Gasteiger partial charge on any atom is 0.330 e. The molecule has 0 radical (unpaired) electrons. The third-order valence-corrected chi connectivity index (χ3v) is 3.93. The molecule has 0 saturated heterocycles. The van der Waals surface area contributed by atoms with Gasteiger partial charge in [-0.15, -0.1) is 6.58 Å².